The molecule has 0 saturated carbocycles. The molecule has 2 unspecified atom stereocenters. The molecule has 5 heteroatoms. The fraction of sp³-hybridized carbons (Fsp3) is 0.500. The lowest BCUT2D eigenvalue weighted by Crippen LogP contribution is -2.39. The summed E-state index contributed by atoms with van der Waals surface area (Å²) in [6.07, 6.45) is 3.95. The molecule has 1 saturated heterocycles. The molecule has 21 heavy (non-hydrogen) atoms. The minimum absolute atomic E-state index is 0.474. The maximum atomic E-state index is 5.20. The number of anilines is 1. The van der Waals surface area contributed by atoms with Crippen LogP contribution in [0.25, 0.3) is 11.5 Å². The number of hydrogen-bond donors (Lipinski definition) is 1. The van der Waals surface area contributed by atoms with E-state index in [2.05, 4.69) is 46.5 Å². The molecule has 1 fully saturated rings. The second-order valence-corrected chi connectivity index (χ2v) is 5.92. The molecule has 1 aliphatic rings. The largest absolute Gasteiger partial charge is 0.423 e. The highest BCUT2D eigenvalue weighted by atomic mass is 16.4. The van der Waals surface area contributed by atoms with Crippen molar-refractivity contribution in [1.29, 1.82) is 0 Å². The van der Waals surface area contributed by atoms with Crippen LogP contribution >= 0.6 is 0 Å². The number of likely N-dealkylation sites (tertiary alicyclic amines) is 1. The third-order valence-corrected chi connectivity index (χ3v) is 4.25. The molecule has 0 amide bonds. The third kappa shape index (κ3) is 3.42. The zero-order chi connectivity index (χ0) is 14.7. The highest BCUT2D eigenvalue weighted by Crippen LogP contribution is 2.23. The Balaban J connectivity index is 1.62. The monoisotopic (exact) mass is 286 g/mol. The standard InChI is InChI=1S/C16H22N4O/c1-12(14-4-3-9-20(2)10-14)18-15-7-5-13(6-8-15)16-19-17-11-21-16/h5-8,11-12,14,18H,3-4,9-10H2,1-2H3. The molecule has 1 aromatic heterocycles. The predicted molar refractivity (Wildman–Crippen MR) is 83.0 cm³/mol. The first-order valence-corrected chi connectivity index (χ1v) is 7.54. The summed E-state index contributed by atoms with van der Waals surface area (Å²) >= 11 is 0. The number of rotatable bonds is 4. The normalized spacial score (nSPS) is 21.1. The average molecular weight is 286 g/mol. The first-order chi connectivity index (χ1) is 10.2. The van der Waals surface area contributed by atoms with E-state index in [4.69, 9.17) is 4.42 Å². The van der Waals surface area contributed by atoms with Crippen LogP contribution in [0, 0.1) is 5.92 Å². The van der Waals surface area contributed by atoms with Gasteiger partial charge < -0.3 is 14.6 Å². The van der Waals surface area contributed by atoms with Crippen molar-refractivity contribution in [1.82, 2.24) is 15.1 Å². The van der Waals surface area contributed by atoms with Gasteiger partial charge in [0, 0.05) is 23.8 Å². The van der Waals surface area contributed by atoms with E-state index in [9.17, 15) is 0 Å². The summed E-state index contributed by atoms with van der Waals surface area (Å²) in [7, 11) is 2.21. The lowest BCUT2D eigenvalue weighted by Gasteiger charge is -2.34. The quantitative estimate of drug-likeness (QED) is 0.936. The van der Waals surface area contributed by atoms with Crippen molar-refractivity contribution in [2.75, 3.05) is 25.5 Å². The fourth-order valence-corrected chi connectivity index (χ4v) is 3.00. The van der Waals surface area contributed by atoms with Crippen LogP contribution in [0.2, 0.25) is 0 Å². The smallest absolute Gasteiger partial charge is 0.247 e. The van der Waals surface area contributed by atoms with E-state index in [0.717, 1.165) is 11.3 Å². The minimum Gasteiger partial charge on any atom is -0.423 e. The Labute approximate surface area is 125 Å². The second kappa shape index (κ2) is 6.26. The Kier molecular flexibility index (Phi) is 4.20. The maximum Gasteiger partial charge on any atom is 0.247 e. The summed E-state index contributed by atoms with van der Waals surface area (Å²) < 4.78 is 5.20. The van der Waals surface area contributed by atoms with Gasteiger partial charge in [-0.25, -0.2) is 0 Å². The van der Waals surface area contributed by atoms with E-state index in [1.165, 1.54) is 32.3 Å². The number of aromatic nitrogens is 2. The van der Waals surface area contributed by atoms with Crippen molar-refractivity contribution < 1.29 is 4.42 Å². The number of nitrogens with one attached hydrogen (secondary N) is 1. The van der Waals surface area contributed by atoms with Gasteiger partial charge in [0.2, 0.25) is 12.3 Å². The summed E-state index contributed by atoms with van der Waals surface area (Å²) in [4.78, 5) is 2.42. The van der Waals surface area contributed by atoms with Gasteiger partial charge in [-0.2, -0.15) is 0 Å². The first kappa shape index (κ1) is 14.1. The SMILES string of the molecule is CC(Nc1ccc(-c2nnco2)cc1)C1CCCN(C)C1. The maximum absolute atomic E-state index is 5.20. The van der Waals surface area contributed by atoms with Crippen LogP contribution < -0.4 is 5.32 Å². The Morgan fingerprint density at radius 3 is 2.81 bits per heavy atom. The highest BCUT2D eigenvalue weighted by molar-refractivity contribution is 5.58. The van der Waals surface area contributed by atoms with Crippen LogP contribution in [0.15, 0.2) is 35.1 Å². The molecule has 1 N–H and O–H groups in total. The van der Waals surface area contributed by atoms with E-state index in [1.807, 2.05) is 12.1 Å². The molecule has 1 aromatic carbocycles. The van der Waals surface area contributed by atoms with Gasteiger partial charge in [-0.15, -0.1) is 10.2 Å². The van der Waals surface area contributed by atoms with Crippen LogP contribution in [0.3, 0.4) is 0 Å². The van der Waals surface area contributed by atoms with Crippen molar-refractivity contribution in [2.24, 2.45) is 5.92 Å². The molecular weight excluding hydrogens is 264 g/mol. The molecule has 112 valence electrons. The number of benzene rings is 1. The molecule has 3 rings (SSSR count). The Bertz CT molecular complexity index is 552. The topological polar surface area (TPSA) is 54.2 Å². The first-order valence-electron chi connectivity index (χ1n) is 7.54. The molecule has 2 atom stereocenters. The van der Waals surface area contributed by atoms with E-state index in [-0.39, 0.29) is 0 Å². The number of piperidine rings is 1. The fourth-order valence-electron chi connectivity index (χ4n) is 3.00. The molecule has 1 aliphatic heterocycles. The third-order valence-electron chi connectivity index (χ3n) is 4.25. The molecule has 2 heterocycles. The molecule has 0 radical (unpaired) electrons. The molecule has 2 aromatic rings. The van der Waals surface area contributed by atoms with Crippen molar-refractivity contribution in [3.8, 4) is 11.5 Å². The van der Waals surface area contributed by atoms with E-state index in [0.29, 0.717) is 17.9 Å². The van der Waals surface area contributed by atoms with E-state index >= 15 is 0 Å². The Hall–Kier alpha value is -1.88. The minimum atomic E-state index is 0.474. The van der Waals surface area contributed by atoms with Crippen molar-refractivity contribution >= 4 is 5.69 Å². The Morgan fingerprint density at radius 2 is 2.14 bits per heavy atom. The summed E-state index contributed by atoms with van der Waals surface area (Å²) in [6, 6.07) is 8.64. The average Bonchev–Trinajstić information content (AvgIpc) is 3.02. The van der Waals surface area contributed by atoms with Gasteiger partial charge in [-0.3, -0.25) is 0 Å². The molecule has 0 aliphatic carbocycles. The van der Waals surface area contributed by atoms with Crippen LogP contribution in [0.5, 0.6) is 0 Å². The number of nitrogens with zero attached hydrogens (tertiary/aromatic N) is 3. The van der Waals surface area contributed by atoms with Crippen LogP contribution in [-0.4, -0.2) is 41.3 Å². The van der Waals surface area contributed by atoms with Gasteiger partial charge in [0.05, 0.1) is 0 Å². The highest BCUT2D eigenvalue weighted by Gasteiger charge is 2.22. The van der Waals surface area contributed by atoms with Gasteiger partial charge in [0.15, 0.2) is 0 Å². The predicted octanol–water partition coefficient (Wildman–Crippen LogP) is 2.88. The number of hydrogen-bond acceptors (Lipinski definition) is 5. The van der Waals surface area contributed by atoms with Crippen LogP contribution in [-0.2, 0) is 0 Å². The summed E-state index contributed by atoms with van der Waals surface area (Å²) in [5, 5.41) is 11.2. The zero-order valence-electron chi connectivity index (χ0n) is 12.6. The molecule has 5 nitrogen and oxygen atoms in total. The van der Waals surface area contributed by atoms with Gasteiger partial charge in [0.25, 0.3) is 0 Å². The van der Waals surface area contributed by atoms with Crippen molar-refractivity contribution in [3.63, 3.8) is 0 Å². The van der Waals surface area contributed by atoms with Gasteiger partial charge in [-0.05, 0) is 63.5 Å². The van der Waals surface area contributed by atoms with Crippen LogP contribution in [0.1, 0.15) is 19.8 Å². The van der Waals surface area contributed by atoms with Crippen LogP contribution in [0.4, 0.5) is 5.69 Å². The van der Waals surface area contributed by atoms with Crippen molar-refractivity contribution in [3.05, 3.63) is 30.7 Å². The van der Waals surface area contributed by atoms with Gasteiger partial charge in [0.1, 0.15) is 0 Å². The summed E-state index contributed by atoms with van der Waals surface area (Å²) in [5.74, 6) is 1.27. The molecule has 0 spiro atoms. The summed E-state index contributed by atoms with van der Waals surface area (Å²) in [6.45, 7) is 4.67. The molecule has 0 bridgehead atoms. The Morgan fingerprint density at radius 1 is 1.33 bits per heavy atom. The lowest BCUT2D eigenvalue weighted by molar-refractivity contribution is 0.197. The van der Waals surface area contributed by atoms with Crippen molar-refractivity contribution in [2.45, 2.75) is 25.8 Å². The van der Waals surface area contributed by atoms with E-state index < -0.39 is 0 Å². The van der Waals surface area contributed by atoms with Gasteiger partial charge in [-0.1, -0.05) is 0 Å². The lowest BCUT2D eigenvalue weighted by atomic mass is 9.91. The van der Waals surface area contributed by atoms with Gasteiger partial charge >= 0.3 is 0 Å². The zero-order valence-corrected chi connectivity index (χ0v) is 12.6. The van der Waals surface area contributed by atoms with E-state index in [1.54, 1.807) is 0 Å². The summed E-state index contributed by atoms with van der Waals surface area (Å²) in [5.41, 5.74) is 2.09. The molecular formula is C16H22N4O. The second-order valence-electron chi connectivity index (χ2n) is 5.92.